The molecule has 1 saturated heterocycles. The molecule has 0 aliphatic carbocycles. The highest BCUT2D eigenvalue weighted by Gasteiger charge is 2.46. The van der Waals surface area contributed by atoms with Crippen LogP contribution in [0, 0.1) is 6.92 Å². The molecule has 2 aliphatic heterocycles. The maximum Gasteiger partial charge on any atom is 0.397 e. The van der Waals surface area contributed by atoms with Gasteiger partial charge < -0.3 is 39.7 Å². The van der Waals surface area contributed by atoms with Crippen LogP contribution in [0.5, 0.6) is 17.2 Å². The molecule has 0 bridgehead atoms. The van der Waals surface area contributed by atoms with E-state index in [9.17, 15) is 34.0 Å². The summed E-state index contributed by atoms with van der Waals surface area (Å²) in [5.41, 5.74) is 1.70. The zero-order chi connectivity index (χ0) is 24.9. The lowest BCUT2D eigenvalue weighted by molar-refractivity contribution is -0.276. The van der Waals surface area contributed by atoms with Crippen LogP contribution in [0.25, 0.3) is 10.8 Å². The van der Waals surface area contributed by atoms with E-state index in [1.807, 2.05) is 19.1 Å². The van der Waals surface area contributed by atoms with E-state index >= 15 is 0 Å². The second-order valence-corrected chi connectivity index (χ2v) is 9.56. The van der Waals surface area contributed by atoms with Crippen molar-refractivity contribution in [2.75, 3.05) is 13.2 Å². The van der Waals surface area contributed by atoms with Crippen LogP contribution in [-0.2, 0) is 25.9 Å². The number of aryl methyl sites for hydroxylation is 1. The van der Waals surface area contributed by atoms with Gasteiger partial charge in [-0.15, -0.1) is 0 Å². The van der Waals surface area contributed by atoms with Crippen molar-refractivity contribution in [2.24, 2.45) is 0 Å². The van der Waals surface area contributed by atoms with E-state index in [0.717, 1.165) is 5.56 Å². The first kappa shape index (κ1) is 24.9. The van der Waals surface area contributed by atoms with Gasteiger partial charge in [0.2, 0.25) is 6.29 Å². The minimum absolute atomic E-state index is 0.0231. The van der Waals surface area contributed by atoms with Gasteiger partial charge >= 0.3 is 10.4 Å². The molecule has 2 heterocycles. The normalized spacial score (nSPS) is 27.6. The predicted molar refractivity (Wildman–Crippen MR) is 115 cm³/mol. The molecule has 4 rings (SSSR count). The Morgan fingerprint density at radius 1 is 1.18 bits per heavy atom. The van der Waals surface area contributed by atoms with E-state index in [-0.39, 0.29) is 24.7 Å². The van der Waals surface area contributed by atoms with Crippen LogP contribution < -0.4 is 9.47 Å². The number of phenolic OH excluding ortho intramolecular Hbond substituents is 1. The smallest absolute Gasteiger partial charge is 0.397 e. The number of aliphatic hydroxyl groups excluding tert-OH is 4. The summed E-state index contributed by atoms with van der Waals surface area (Å²) in [6, 6.07) is 3.65. The van der Waals surface area contributed by atoms with Gasteiger partial charge in [-0.2, -0.15) is 8.42 Å². The number of aliphatic hydroxyl groups is 4. The molecule has 0 amide bonds. The Bertz CT molecular complexity index is 1200. The first-order valence-corrected chi connectivity index (χ1v) is 11.8. The largest absolute Gasteiger partial charge is 0.504 e. The van der Waals surface area contributed by atoms with Crippen LogP contribution in [-0.4, -0.2) is 82.4 Å². The Labute approximate surface area is 194 Å². The Kier molecular flexibility index (Phi) is 6.65. The van der Waals surface area contributed by atoms with Gasteiger partial charge in [-0.3, -0.25) is 4.55 Å². The minimum atomic E-state index is -4.87. The van der Waals surface area contributed by atoms with E-state index < -0.39 is 53.6 Å². The molecule has 2 aromatic carbocycles. The van der Waals surface area contributed by atoms with Gasteiger partial charge in [-0.1, -0.05) is 13.0 Å². The fraction of sp³-hybridized carbons (Fsp3) is 0.524. The lowest BCUT2D eigenvalue weighted by Gasteiger charge is -2.40. The third-order valence-corrected chi connectivity index (χ3v) is 6.44. The Morgan fingerprint density at radius 3 is 2.53 bits per heavy atom. The topological polar surface area (TPSA) is 192 Å². The van der Waals surface area contributed by atoms with Crippen molar-refractivity contribution < 1.29 is 56.9 Å². The van der Waals surface area contributed by atoms with E-state index in [1.54, 1.807) is 6.92 Å². The van der Waals surface area contributed by atoms with E-state index in [1.165, 1.54) is 0 Å². The first-order chi connectivity index (χ1) is 15.9. The molecule has 2 aliphatic rings. The number of aromatic hydroxyl groups is 1. The summed E-state index contributed by atoms with van der Waals surface area (Å²) in [6.45, 7) is 2.43. The summed E-state index contributed by atoms with van der Waals surface area (Å²) >= 11 is 0. The van der Waals surface area contributed by atoms with Gasteiger partial charge in [-0.25, -0.2) is 4.18 Å². The number of hydrogen-bond donors (Lipinski definition) is 6. The van der Waals surface area contributed by atoms with Crippen LogP contribution >= 0.6 is 0 Å². The van der Waals surface area contributed by atoms with Crippen LogP contribution in [0.15, 0.2) is 12.1 Å². The molecule has 0 spiro atoms. The van der Waals surface area contributed by atoms with Gasteiger partial charge in [0.1, 0.15) is 36.8 Å². The van der Waals surface area contributed by atoms with Crippen LogP contribution in [0.1, 0.15) is 29.5 Å². The standard InChI is InChI=1S/C21H26O12S/c1-8-3-10-14(9(2)5-22)17(24)20(11-6-30-12(4-8)15(10)11)33-21-19(26)18(25)16(23)13(32-21)7-31-34(27,28)29/h3-4,9,13,16,18-19,21-26H,5-7H2,1-2H3,(H,27,28,29)/t9-,13-,16-,18+,19-,21+/m1/s1. The molecule has 13 heteroatoms. The molecule has 0 radical (unpaired) electrons. The van der Waals surface area contributed by atoms with Crippen LogP contribution in [0.3, 0.4) is 0 Å². The lowest BCUT2D eigenvalue weighted by atomic mass is 9.90. The van der Waals surface area contributed by atoms with Crippen molar-refractivity contribution in [1.82, 2.24) is 0 Å². The molecule has 188 valence electrons. The SMILES string of the molecule is Cc1cc2c3c(c(O[C@@H]4O[C@H](COS(=O)(=O)O)[C@@H](O)[C@H](O)[C@H]4O)c(O)c([C@H](C)CO)c3c1)CO2. The molecule has 0 aromatic heterocycles. The number of ether oxygens (including phenoxy) is 3. The summed E-state index contributed by atoms with van der Waals surface area (Å²) in [6.07, 6.45) is -8.56. The Hall–Kier alpha value is -2.23. The molecule has 6 atom stereocenters. The Balaban J connectivity index is 1.76. The zero-order valence-electron chi connectivity index (χ0n) is 18.3. The van der Waals surface area contributed by atoms with Crippen LogP contribution in [0.4, 0.5) is 0 Å². The molecule has 12 nitrogen and oxygen atoms in total. The molecule has 0 unspecified atom stereocenters. The third kappa shape index (κ3) is 4.41. The number of benzene rings is 2. The van der Waals surface area contributed by atoms with E-state index in [2.05, 4.69) is 4.18 Å². The number of hydrogen-bond acceptors (Lipinski definition) is 11. The molecular formula is C21H26O12S. The zero-order valence-corrected chi connectivity index (χ0v) is 19.1. The van der Waals surface area contributed by atoms with E-state index in [4.69, 9.17) is 18.8 Å². The van der Waals surface area contributed by atoms with Crippen LogP contribution in [0.2, 0.25) is 0 Å². The maximum atomic E-state index is 11.1. The molecular weight excluding hydrogens is 476 g/mol. The van der Waals surface area contributed by atoms with Gasteiger partial charge in [0.25, 0.3) is 0 Å². The van der Waals surface area contributed by atoms with Crippen molar-refractivity contribution >= 4 is 21.2 Å². The van der Waals surface area contributed by atoms with Gasteiger partial charge in [-0.05, 0) is 23.9 Å². The highest BCUT2D eigenvalue weighted by molar-refractivity contribution is 7.80. The third-order valence-electron chi connectivity index (χ3n) is 6.01. The average molecular weight is 502 g/mol. The summed E-state index contributed by atoms with van der Waals surface area (Å²) < 4.78 is 51.8. The first-order valence-electron chi connectivity index (χ1n) is 10.5. The van der Waals surface area contributed by atoms with Crippen molar-refractivity contribution in [1.29, 1.82) is 0 Å². The van der Waals surface area contributed by atoms with E-state index in [0.29, 0.717) is 27.6 Å². The van der Waals surface area contributed by atoms with Crippen molar-refractivity contribution in [3.63, 3.8) is 0 Å². The van der Waals surface area contributed by atoms with Gasteiger partial charge in [0.15, 0.2) is 11.5 Å². The Morgan fingerprint density at radius 2 is 1.88 bits per heavy atom. The highest BCUT2D eigenvalue weighted by atomic mass is 32.3. The second-order valence-electron chi connectivity index (χ2n) is 8.47. The molecule has 1 fully saturated rings. The van der Waals surface area contributed by atoms with Gasteiger partial charge in [0, 0.05) is 29.0 Å². The summed E-state index contributed by atoms with van der Waals surface area (Å²) in [7, 11) is -4.87. The number of rotatable bonds is 7. The molecule has 0 saturated carbocycles. The average Bonchev–Trinajstić information content (AvgIpc) is 3.18. The quantitative estimate of drug-likeness (QED) is 0.275. The summed E-state index contributed by atoms with van der Waals surface area (Å²) in [5, 5.41) is 53.0. The summed E-state index contributed by atoms with van der Waals surface area (Å²) in [4.78, 5) is 0. The predicted octanol–water partition coefficient (Wildman–Crippen LogP) is -0.152. The minimum Gasteiger partial charge on any atom is -0.504 e. The highest BCUT2D eigenvalue weighted by Crippen LogP contribution is 2.50. The maximum absolute atomic E-state index is 11.1. The molecule has 2 aromatic rings. The fourth-order valence-corrected chi connectivity index (χ4v) is 4.63. The lowest BCUT2D eigenvalue weighted by Crippen LogP contribution is -2.60. The summed E-state index contributed by atoms with van der Waals surface area (Å²) in [5.74, 6) is -0.408. The van der Waals surface area contributed by atoms with Crippen molar-refractivity contribution in [3.05, 3.63) is 28.8 Å². The second kappa shape index (κ2) is 9.09. The van der Waals surface area contributed by atoms with Crippen molar-refractivity contribution in [2.45, 2.75) is 57.1 Å². The fourth-order valence-electron chi connectivity index (χ4n) is 4.32. The molecule has 6 N–H and O–H groups in total. The number of phenols is 1. The molecule has 34 heavy (non-hydrogen) atoms. The van der Waals surface area contributed by atoms with Crippen molar-refractivity contribution in [3.8, 4) is 17.2 Å². The monoisotopic (exact) mass is 502 g/mol. The van der Waals surface area contributed by atoms with Gasteiger partial charge in [0.05, 0.1) is 6.61 Å².